The van der Waals surface area contributed by atoms with Gasteiger partial charge < -0.3 is 4.74 Å². The molecule has 0 bridgehead atoms. The molecule has 0 aliphatic heterocycles. The zero-order chi connectivity index (χ0) is 18.9. The van der Waals surface area contributed by atoms with Crippen LogP contribution in [-0.2, 0) is 4.79 Å². The van der Waals surface area contributed by atoms with E-state index in [4.69, 9.17) is 4.74 Å². The molecule has 1 N–H and O–H groups in total. The molecule has 0 saturated heterocycles. The van der Waals surface area contributed by atoms with Gasteiger partial charge in [-0.2, -0.15) is 5.10 Å². The summed E-state index contributed by atoms with van der Waals surface area (Å²) in [6.07, 6.45) is 1.10. The van der Waals surface area contributed by atoms with Gasteiger partial charge in [0.1, 0.15) is 5.75 Å². The first kappa shape index (κ1) is 19.7. The molecule has 0 aromatic heterocycles. The first-order chi connectivity index (χ1) is 12.5. The molecule has 0 radical (unpaired) electrons. The van der Waals surface area contributed by atoms with Gasteiger partial charge in [0.25, 0.3) is 5.91 Å². The van der Waals surface area contributed by atoms with Crippen LogP contribution in [0.1, 0.15) is 51.2 Å². The number of nitrogens with zero attached hydrogens (tertiary/aromatic N) is 1. The van der Waals surface area contributed by atoms with Crippen LogP contribution in [0.25, 0.3) is 0 Å². The van der Waals surface area contributed by atoms with Crippen LogP contribution in [-0.4, -0.2) is 18.2 Å². The number of amides is 1. The maximum atomic E-state index is 12.1. The molecule has 0 aliphatic rings. The molecule has 0 saturated carbocycles. The van der Waals surface area contributed by atoms with Crippen LogP contribution in [0.5, 0.6) is 5.75 Å². The van der Waals surface area contributed by atoms with Gasteiger partial charge in [0.2, 0.25) is 0 Å². The number of hydrazone groups is 1. The van der Waals surface area contributed by atoms with Crippen molar-refractivity contribution < 1.29 is 9.53 Å². The molecule has 0 fully saturated rings. The molecular formula is C22H28N2O2. The monoisotopic (exact) mass is 352 g/mol. The standard InChI is InChI=1S/C22H28N2O2/c1-5-17(4)18-11-13-20(14-12-18)26-15-21(25)23-24-22(16(2)3)19-9-7-6-8-10-19/h6-14,16-17H,5,15H2,1-4H3,(H,23,25)/b24-22+. The molecule has 0 heterocycles. The highest BCUT2D eigenvalue weighted by molar-refractivity contribution is 6.02. The van der Waals surface area contributed by atoms with E-state index >= 15 is 0 Å². The van der Waals surface area contributed by atoms with Gasteiger partial charge in [-0.25, -0.2) is 5.43 Å². The third kappa shape index (κ3) is 5.73. The fourth-order valence-corrected chi connectivity index (χ4v) is 2.57. The van der Waals surface area contributed by atoms with E-state index in [-0.39, 0.29) is 18.4 Å². The van der Waals surface area contributed by atoms with Crippen LogP contribution in [0.4, 0.5) is 0 Å². The predicted octanol–water partition coefficient (Wildman–Crippen LogP) is 4.76. The van der Waals surface area contributed by atoms with E-state index in [1.807, 2.05) is 68.4 Å². The van der Waals surface area contributed by atoms with Crippen LogP contribution in [0.3, 0.4) is 0 Å². The lowest BCUT2D eigenvalue weighted by atomic mass is 9.99. The van der Waals surface area contributed by atoms with Crippen LogP contribution in [0.15, 0.2) is 59.7 Å². The van der Waals surface area contributed by atoms with Gasteiger partial charge in [-0.3, -0.25) is 4.79 Å². The minimum absolute atomic E-state index is 0.0632. The predicted molar refractivity (Wildman–Crippen MR) is 107 cm³/mol. The molecule has 2 aromatic rings. The topological polar surface area (TPSA) is 50.7 Å². The average Bonchev–Trinajstić information content (AvgIpc) is 2.67. The van der Waals surface area contributed by atoms with E-state index in [1.165, 1.54) is 5.56 Å². The van der Waals surface area contributed by atoms with Crippen molar-refractivity contribution in [2.24, 2.45) is 11.0 Å². The molecule has 138 valence electrons. The van der Waals surface area contributed by atoms with E-state index in [9.17, 15) is 4.79 Å². The Morgan fingerprint density at radius 3 is 2.27 bits per heavy atom. The Hall–Kier alpha value is -2.62. The second-order valence-corrected chi connectivity index (χ2v) is 6.72. The molecule has 4 heteroatoms. The smallest absolute Gasteiger partial charge is 0.277 e. The third-order valence-corrected chi connectivity index (χ3v) is 4.35. The summed E-state index contributed by atoms with van der Waals surface area (Å²) in [5.74, 6) is 1.13. The zero-order valence-corrected chi connectivity index (χ0v) is 16.0. The first-order valence-corrected chi connectivity index (χ1v) is 9.15. The fraction of sp³-hybridized carbons (Fsp3) is 0.364. The highest BCUT2D eigenvalue weighted by Crippen LogP contribution is 2.21. The average molecular weight is 352 g/mol. The van der Waals surface area contributed by atoms with Crippen molar-refractivity contribution in [1.82, 2.24) is 5.43 Å². The van der Waals surface area contributed by atoms with Gasteiger partial charge in [0.05, 0.1) is 5.71 Å². The second-order valence-electron chi connectivity index (χ2n) is 6.72. The second kappa shape index (κ2) is 9.76. The van der Waals surface area contributed by atoms with Gasteiger partial charge in [-0.1, -0.05) is 70.2 Å². The number of hydrogen-bond acceptors (Lipinski definition) is 3. The van der Waals surface area contributed by atoms with Crippen molar-refractivity contribution in [3.8, 4) is 5.75 Å². The number of ether oxygens (including phenoxy) is 1. The largest absolute Gasteiger partial charge is 0.484 e. The van der Waals surface area contributed by atoms with Crippen LogP contribution in [0.2, 0.25) is 0 Å². The van der Waals surface area contributed by atoms with Gasteiger partial charge in [-0.05, 0) is 41.5 Å². The molecule has 1 unspecified atom stereocenters. The van der Waals surface area contributed by atoms with Crippen molar-refractivity contribution in [3.05, 3.63) is 65.7 Å². The van der Waals surface area contributed by atoms with Crippen molar-refractivity contribution in [1.29, 1.82) is 0 Å². The fourth-order valence-electron chi connectivity index (χ4n) is 2.57. The Kier molecular flexibility index (Phi) is 7.39. The maximum Gasteiger partial charge on any atom is 0.277 e. The molecule has 4 nitrogen and oxygen atoms in total. The van der Waals surface area contributed by atoms with Crippen LogP contribution >= 0.6 is 0 Å². The van der Waals surface area contributed by atoms with Crippen molar-refractivity contribution in [3.63, 3.8) is 0 Å². The minimum atomic E-state index is -0.273. The molecule has 1 amide bonds. The number of carbonyl (C=O) groups excluding carboxylic acids is 1. The lowest BCUT2D eigenvalue weighted by Gasteiger charge is -2.12. The maximum absolute atomic E-state index is 12.1. The number of benzene rings is 2. The van der Waals surface area contributed by atoms with E-state index in [1.54, 1.807) is 0 Å². The van der Waals surface area contributed by atoms with E-state index in [2.05, 4.69) is 24.4 Å². The minimum Gasteiger partial charge on any atom is -0.484 e. The third-order valence-electron chi connectivity index (χ3n) is 4.35. The summed E-state index contributed by atoms with van der Waals surface area (Å²) in [5.41, 5.74) is 5.72. The molecule has 26 heavy (non-hydrogen) atoms. The zero-order valence-electron chi connectivity index (χ0n) is 16.0. The summed E-state index contributed by atoms with van der Waals surface area (Å²) >= 11 is 0. The van der Waals surface area contributed by atoms with Crippen LogP contribution < -0.4 is 10.2 Å². The Morgan fingerprint density at radius 1 is 1.04 bits per heavy atom. The molecule has 0 spiro atoms. The first-order valence-electron chi connectivity index (χ1n) is 9.15. The Balaban J connectivity index is 1.91. The normalized spacial score (nSPS) is 12.7. The summed E-state index contributed by atoms with van der Waals surface area (Å²) in [6, 6.07) is 17.8. The van der Waals surface area contributed by atoms with E-state index in [0.717, 1.165) is 17.7 Å². The van der Waals surface area contributed by atoms with Gasteiger partial charge in [0.15, 0.2) is 6.61 Å². The van der Waals surface area contributed by atoms with E-state index in [0.29, 0.717) is 11.7 Å². The van der Waals surface area contributed by atoms with Crippen molar-refractivity contribution in [2.45, 2.75) is 40.0 Å². The quantitative estimate of drug-likeness (QED) is 0.550. The summed E-state index contributed by atoms with van der Waals surface area (Å²) < 4.78 is 5.55. The van der Waals surface area contributed by atoms with Crippen molar-refractivity contribution >= 4 is 11.6 Å². The molecule has 1 atom stereocenters. The Labute approximate surface area is 156 Å². The van der Waals surface area contributed by atoms with Gasteiger partial charge in [0, 0.05) is 0 Å². The number of nitrogens with one attached hydrogen (secondary N) is 1. The lowest BCUT2D eigenvalue weighted by Crippen LogP contribution is -2.27. The Bertz CT molecular complexity index is 722. The SMILES string of the molecule is CCC(C)c1ccc(OCC(=O)N/N=C(/c2ccccc2)C(C)C)cc1. The van der Waals surface area contributed by atoms with Gasteiger partial charge in [-0.15, -0.1) is 0 Å². The number of hydrogen-bond donors (Lipinski definition) is 1. The van der Waals surface area contributed by atoms with Crippen LogP contribution in [0, 0.1) is 5.92 Å². The van der Waals surface area contributed by atoms with E-state index < -0.39 is 0 Å². The summed E-state index contributed by atoms with van der Waals surface area (Å²) in [5, 5.41) is 4.29. The highest BCUT2D eigenvalue weighted by Gasteiger charge is 2.10. The molecule has 2 rings (SSSR count). The van der Waals surface area contributed by atoms with Crippen molar-refractivity contribution in [2.75, 3.05) is 6.61 Å². The summed E-state index contributed by atoms with van der Waals surface area (Å²) in [7, 11) is 0. The Morgan fingerprint density at radius 2 is 1.69 bits per heavy atom. The number of rotatable bonds is 8. The summed E-state index contributed by atoms with van der Waals surface area (Å²) in [6.45, 7) is 8.40. The molecule has 2 aromatic carbocycles. The summed E-state index contributed by atoms with van der Waals surface area (Å²) in [4.78, 5) is 12.1. The molecular weight excluding hydrogens is 324 g/mol. The molecule has 0 aliphatic carbocycles. The highest BCUT2D eigenvalue weighted by atomic mass is 16.5. The lowest BCUT2D eigenvalue weighted by molar-refractivity contribution is -0.123. The number of carbonyl (C=O) groups is 1. The van der Waals surface area contributed by atoms with Gasteiger partial charge >= 0.3 is 0 Å².